The molecule has 6 nitrogen and oxygen atoms in total. The number of rotatable bonds is 5. The van der Waals surface area contributed by atoms with E-state index in [4.69, 9.17) is 4.74 Å². The molecule has 0 fully saturated rings. The highest BCUT2D eigenvalue weighted by Gasteiger charge is 2.11. The van der Waals surface area contributed by atoms with Crippen LogP contribution in [0.3, 0.4) is 0 Å². The number of benzene rings is 3. The van der Waals surface area contributed by atoms with Gasteiger partial charge in [-0.2, -0.15) is 0 Å². The minimum Gasteiger partial charge on any atom is -0.497 e. The quantitative estimate of drug-likeness (QED) is 0.574. The van der Waals surface area contributed by atoms with E-state index in [-0.39, 0.29) is 11.7 Å². The standard InChI is InChI=1S/C21H17FN4O2/c1-28-18-4-2-3-14(11-18)13-26-20-10-5-15(12-19(20)24-25-26)21(27)23-17-8-6-16(22)7-9-17/h2-12H,13H2,1H3,(H,23,27). The second-order valence-electron chi connectivity index (χ2n) is 6.26. The molecule has 0 bridgehead atoms. The molecule has 3 aromatic carbocycles. The average molecular weight is 376 g/mol. The topological polar surface area (TPSA) is 69.0 Å². The van der Waals surface area contributed by atoms with Gasteiger partial charge in [0.15, 0.2) is 0 Å². The van der Waals surface area contributed by atoms with Crippen molar-refractivity contribution in [1.82, 2.24) is 15.0 Å². The van der Waals surface area contributed by atoms with Crippen LogP contribution in [-0.2, 0) is 6.54 Å². The van der Waals surface area contributed by atoms with Gasteiger partial charge in [-0.05, 0) is 60.2 Å². The molecule has 1 N–H and O–H groups in total. The second-order valence-corrected chi connectivity index (χ2v) is 6.26. The number of anilines is 1. The first-order valence-corrected chi connectivity index (χ1v) is 8.65. The van der Waals surface area contributed by atoms with Crippen molar-refractivity contribution in [3.05, 3.63) is 83.7 Å². The van der Waals surface area contributed by atoms with Crippen LogP contribution in [-0.4, -0.2) is 28.0 Å². The molecule has 1 aromatic heterocycles. The number of halogens is 1. The van der Waals surface area contributed by atoms with Gasteiger partial charge in [0.05, 0.1) is 19.2 Å². The first-order chi connectivity index (χ1) is 13.6. The lowest BCUT2D eigenvalue weighted by molar-refractivity contribution is 0.102. The number of nitrogens with one attached hydrogen (secondary N) is 1. The van der Waals surface area contributed by atoms with Crippen LogP contribution in [0.15, 0.2) is 66.7 Å². The molecule has 0 unspecified atom stereocenters. The molecular weight excluding hydrogens is 359 g/mol. The third-order valence-corrected chi connectivity index (χ3v) is 4.34. The van der Waals surface area contributed by atoms with Crippen molar-refractivity contribution in [2.45, 2.75) is 6.54 Å². The van der Waals surface area contributed by atoms with Crippen molar-refractivity contribution >= 4 is 22.6 Å². The Bertz CT molecular complexity index is 1140. The maximum absolute atomic E-state index is 13.0. The minimum atomic E-state index is -0.355. The Morgan fingerprint density at radius 1 is 1.11 bits per heavy atom. The van der Waals surface area contributed by atoms with Crippen LogP contribution >= 0.6 is 0 Å². The Hall–Kier alpha value is -3.74. The molecule has 0 spiro atoms. The van der Waals surface area contributed by atoms with E-state index >= 15 is 0 Å². The Labute approximate surface area is 160 Å². The smallest absolute Gasteiger partial charge is 0.255 e. The molecule has 4 rings (SSSR count). The van der Waals surface area contributed by atoms with E-state index in [0.717, 1.165) is 16.8 Å². The van der Waals surface area contributed by atoms with E-state index in [1.807, 2.05) is 30.3 Å². The Balaban J connectivity index is 1.55. The SMILES string of the molecule is COc1cccc(Cn2nnc3cc(C(=O)Nc4ccc(F)cc4)ccc32)c1. The van der Waals surface area contributed by atoms with Gasteiger partial charge in [-0.1, -0.05) is 17.3 Å². The molecule has 0 aliphatic heterocycles. The predicted molar refractivity (Wildman–Crippen MR) is 104 cm³/mol. The second kappa shape index (κ2) is 7.48. The zero-order chi connectivity index (χ0) is 19.5. The number of hydrogen-bond donors (Lipinski definition) is 1. The summed E-state index contributed by atoms with van der Waals surface area (Å²) in [7, 11) is 1.63. The molecule has 0 saturated heterocycles. The van der Waals surface area contributed by atoms with Crippen molar-refractivity contribution in [3.8, 4) is 5.75 Å². The third-order valence-electron chi connectivity index (χ3n) is 4.34. The van der Waals surface area contributed by atoms with Crippen LogP contribution in [0.25, 0.3) is 11.0 Å². The van der Waals surface area contributed by atoms with Crippen LogP contribution in [0.2, 0.25) is 0 Å². The fourth-order valence-corrected chi connectivity index (χ4v) is 2.91. The number of amides is 1. The Kier molecular flexibility index (Phi) is 4.72. The van der Waals surface area contributed by atoms with Gasteiger partial charge >= 0.3 is 0 Å². The van der Waals surface area contributed by atoms with Gasteiger partial charge < -0.3 is 10.1 Å². The molecule has 1 heterocycles. The number of methoxy groups -OCH3 is 1. The van der Waals surface area contributed by atoms with Crippen LogP contribution in [0.1, 0.15) is 15.9 Å². The molecule has 140 valence electrons. The average Bonchev–Trinajstić information content (AvgIpc) is 3.12. The van der Waals surface area contributed by atoms with Gasteiger partial charge in [0.25, 0.3) is 5.91 Å². The monoisotopic (exact) mass is 376 g/mol. The van der Waals surface area contributed by atoms with E-state index in [2.05, 4.69) is 15.6 Å². The molecule has 0 aliphatic rings. The summed E-state index contributed by atoms with van der Waals surface area (Å²) in [6.45, 7) is 0.537. The van der Waals surface area contributed by atoms with Gasteiger partial charge in [-0.3, -0.25) is 4.79 Å². The molecule has 28 heavy (non-hydrogen) atoms. The largest absolute Gasteiger partial charge is 0.497 e. The Morgan fingerprint density at radius 2 is 1.93 bits per heavy atom. The number of carbonyl (C=O) groups excluding carboxylic acids is 1. The zero-order valence-corrected chi connectivity index (χ0v) is 15.1. The van der Waals surface area contributed by atoms with Gasteiger partial charge in [0.1, 0.15) is 17.1 Å². The molecule has 0 radical (unpaired) electrons. The zero-order valence-electron chi connectivity index (χ0n) is 15.1. The third kappa shape index (κ3) is 3.68. The molecule has 0 aliphatic carbocycles. The van der Waals surface area contributed by atoms with Crippen LogP contribution in [0.5, 0.6) is 5.75 Å². The lowest BCUT2D eigenvalue weighted by Crippen LogP contribution is -2.11. The molecule has 7 heteroatoms. The maximum Gasteiger partial charge on any atom is 0.255 e. The van der Waals surface area contributed by atoms with Gasteiger partial charge in [-0.15, -0.1) is 5.10 Å². The van der Waals surface area contributed by atoms with Crippen molar-refractivity contribution in [2.24, 2.45) is 0 Å². The normalized spacial score (nSPS) is 10.8. The van der Waals surface area contributed by atoms with E-state index in [0.29, 0.717) is 23.3 Å². The van der Waals surface area contributed by atoms with Crippen LogP contribution < -0.4 is 10.1 Å². The van der Waals surface area contributed by atoms with E-state index in [9.17, 15) is 9.18 Å². The first kappa shape index (κ1) is 17.7. The molecule has 0 saturated carbocycles. The van der Waals surface area contributed by atoms with Crippen molar-refractivity contribution in [3.63, 3.8) is 0 Å². The highest BCUT2D eigenvalue weighted by molar-refractivity contribution is 6.05. The summed E-state index contributed by atoms with van der Waals surface area (Å²) in [6.07, 6.45) is 0. The molecule has 0 atom stereocenters. The summed E-state index contributed by atoms with van der Waals surface area (Å²) in [4.78, 5) is 12.4. The summed E-state index contributed by atoms with van der Waals surface area (Å²) in [5.41, 5.74) is 3.44. The fourth-order valence-electron chi connectivity index (χ4n) is 2.91. The summed E-state index contributed by atoms with van der Waals surface area (Å²) < 4.78 is 20.0. The number of fused-ring (bicyclic) bond motifs is 1. The number of hydrogen-bond acceptors (Lipinski definition) is 4. The van der Waals surface area contributed by atoms with E-state index in [1.165, 1.54) is 24.3 Å². The summed E-state index contributed by atoms with van der Waals surface area (Å²) in [5.74, 6) is 0.129. The summed E-state index contributed by atoms with van der Waals surface area (Å²) in [6, 6.07) is 18.6. The Morgan fingerprint density at radius 3 is 2.71 bits per heavy atom. The highest BCUT2D eigenvalue weighted by atomic mass is 19.1. The number of carbonyl (C=O) groups is 1. The highest BCUT2D eigenvalue weighted by Crippen LogP contribution is 2.18. The van der Waals surface area contributed by atoms with Gasteiger partial charge in [-0.25, -0.2) is 9.07 Å². The number of aromatic nitrogens is 3. The summed E-state index contributed by atoms with van der Waals surface area (Å²) >= 11 is 0. The van der Waals surface area contributed by atoms with Crippen molar-refractivity contribution in [1.29, 1.82) is 0 Å². The lowest BCUT2D eigenvalue weighted by atomic mass is 10.1. The molecular formula is C21H17FN4O2. The minimum absolute atomic E-state index is 0.296. The number of ether oxygens (including phenoxy) is 1. The molecule has 4 aromatic rings. The number of nitrogens with zero attached hydrogens (tertiary/aromatic N) is 3. The first-order valence-electron chi connectivity index (χ1n) is 8.65. The van der Waals surface area contributed by atoms with Crippen LogP contribution in [0, 0.1) is 5.82 Å². The lowest BCUT2D eigenvalue weighted by Gasteiger charge is -2.07. The molecule has 1 amide bonds. The van der Waals surface area contributed by atoms with Crippen molar-refractivity contribution in [2.75, 3.05) is 12.4 Å². The fraction of sp³-hybridized carbons (Fsp3) is 0.0952. The van der Waals surface area contributed by atoms with Crippen LogP contribution in [0.4, 0.5) is 10.1 Å². The van der Waals surface area contributed by atoms with E-state index in [1.54, 1.807) is 23.9 Å². The van der Waals surface area contributed by atoms with Crippen molar-refractivity contribution < 1.29 is 13.9 Å². The predicted octanol–water partition coefficient (Wildman–Crippen LogP) is 3.88. The van der Waals surface area contributed by atoms with Gasteiger partial charge in [0.2, 0.25) is 0 Å². The van der Waals surface area contributed by atoms with Gasteiger partial charge in [0, 0.05) is 11.3 Å². The summed E-state index contributed by atoms with van der Waals surface area (Å²) in [5, 5.41) is 11.1. The van der Waals surface area contributed by atoms with E-state index < -0.39 is 0 Å². The maximum atomic E-state index is 13.0.